The van der Waals surface area contributed by atoms with Crippen molar-refractivity contribution in [2.24, 2.45) is 5.92 Å². The lowest BCUT2D eigenvalue weighted by atomic mass is 10.1. The van der Waals surface area contributed by atoms with Gasteiger partial charge in [0.05, 0.1) is 0 Å². The first-order chi connectivity index (χ1) is 6.15. The summed E-state index contributed by atoms with van der Waals surface area (Å²) in [4.78, 5) is 13.7. The molecule has 76 valence electrons. The fraction of sp³-hybridized carbons (Fsp3) is 0.909. The van der Waals surface area contributed by atoms with E-state index >= 15 is 0 Å². The van der Waals surface area contributed by atoms with E-state index in [1.54, 1.807) is 0 Å². The van der Waals surface area contributed by atoms with E-state index < -0.39 is 0 Å². The van der Waals surface area contributed by atoms with Crippen molar-refractivity contribution in [3.63, 3.8) is 0 Å². The minimum absolute atomic E-state index is 0.332. The van der Waals surface area contributed by atoms with Crippen LogP contribution in [0.4, 0.5) is 0 Å². The molecular weight excluding hydrogens is 162 g/mol. The second-order valence-corrected chi connectivity index (χ2v) is 4.25. The van der Waals surface area contributed by atoms with Crippen molar-refractivity contribution in [3.8, 4) is 0 Å². The summed E-state index contributed by atoms with van der Waals surface area (Å²) in [6.45, 7) is 5.38. The highest BCUT2D eigenvalue weighted by molar-refractivity contribution is 5.83. The van der Waals surface area contributed by atoms with E-state index in [-0.39, 0.29) is 0 Å². The zero-order chi connectivity index (χ0) is 9.84. The van der Waals surface area contributed by atoms with Gasteiger partial charge in [-0.3, -0.25) is 4.79 Å². The van der Waals surface area contributed by atoms with Gasteiger partial charge in [-0.05, 0) is 33.2 Å². The summed E-state index contributed by atoms with van der Waals surface area (Å²) in [6, 6.07) is 0.605. The van der Waals surface area contributed by atoms with Crippen LogP contribution in [0.5, 0.6) is 0 Å². The smallest absolute Gasteiger partial charge is 0.137 e. The Morgan fingerprint density at radius 3 is 2.77 bits per heavy atom. The van der Waals surface area contributed by atoms with E-state index in [0.717, 1.165) is 32.2 Å². The first-order valence-corrected chi connectivity index (χ1v) is 5.38. The van der Waals surface area contributed by atoms with Crippen molar-refractivity contribution < 1.29 is 4.79 Å². The summed E-state index contributed by atoms with van der Waals surface area (Å²) in [7, 11) is 2.12. The number of rotatable bonds is 4. The minimum atomic E-state index is 0.332. The standard InChI is InChI=1S/C11H21NO/c1-4-9(2)12(3)8-10-6-5-7-11(10)13/h9-10H,4-8H2,1-3H3. The Morgan fingerprint density at radius 1 is 1.62 bits per heavy atom. The van der Waals surface area contributed by atoms with E-state index in [1.165, 1.54) is 0 Å². The molecule has 0 aromatic heterocycles. The number of hydrogen-bond donors (Lipinski definition) is 0. The summed E-state index contributed by atoms with van der Waals surface area (Å²) in [5.74, 6) is 0.814. The van der Waals surface area contributed by atoms with Crippen LogP contribution in [0, 0.1) is 5.92 Å². The molecule has 1 saturated carbocycles. The summed E-state index contributed by atoms with van der Waals surface area (Å²) >= 11 is 0. The van der Waals surface area contributed by atoms with E-state index in [1.807, 2.05) is 0 Å². The lowest BCUT2D eigenvalue weighted by molar-refractivity contribution is -0.121. The van der Waals surface area contributed by atoms with Gasteiger partial charge in [-0.2, -0.15) is 0 Å². The van der Waals surface area contributed by atoms with Crippen LogP contribution in [0.3, 0.4) is 0 Å². The van der Waals surface area contributed by atoms with Gasteiger partial charge < -0.3 is 4.90 Å². The Balaban J connectivity index is 2.34. The van der Waals surface area contributed by atoms with Crippen LogP contribution in [-0.2, 0) is 4.79 Å². The van der Waals surface area contributed by atoms with Gasteiger partial charge in [0.1, 0.15) is 5.78 Å². The van der Waals surface area contributed by atoms with Crippen LogP contribution in [0.25, 0.3) is 0 Å². The molecule has 2 atom stereocenters. The normalized spacial score (nSPS) is 25.5. The second-order valence-electron chi connectivity index (χ2n) is 4.25. The molecule has 0 amide bonds. The van der Waals surface area contributed by atoms with Crippen LogP contribution >= 0.6 is 0 Å². The molecule has 1 aliphatic carbocycles. The SMILES string of the molecule is CCC(C)N(C)CC1CCCC1=O. The molecule has 13 heavy (non-hydrogen) atoms. The van der Waals surface area contributed by atoms with Crippen LogP contribution in [0.1, 0.15) is 39.5 Å². The zero-order valence-electron chi connectivity index (χ0n) is 9.05. The number of ketones is 1. The molecule has 0 spiro atoms. The van der Waals surface area contributed by atoms with E-state index in [4.69, 9.17) is 0 Å². The third kappa shape index (κ3) is 2.80. The average molecular weight is 183 g/mol. The molecule has 1 fully saturated rings. The van der Waals surface area contributed by atoms with Crippen molar-refractivity contribution in [2.75, 3.05) is 13.6 Å². The number of Topliss-reactive ketones (excluding diaryl/α,β-unsaturated/α-hetero) is 1. The Morgan fingerprint density at radius 2 is 2.31 bits per heavy atom. The van der Waals surface area contributed by atoms with Crippen LogP contribution in [-0.4, -0.2) is 30.3 Å². The highest BCUT2D eigenvalue weighted by Gasteiger charge is 2.26. The Labute approximate surface area is 81.3 Å². The monoisotopic (exact) mass is 183 g/mol. The van der Waals surface area contributed by atoms with Crippen LogP contribution in [0.2, 0.25) is 0 Å². The average Bonchev–Trinajstić information content (AvgIpc) is 2.50. The van der Waals surface area contributed by atoms with Gasteiger partial charge in [-0.1, -0.05) is 6.92 Å². The lowest BCUT2D eigenvalue weighted by Crippen LogP contribution is -2.34. The second kappa shape index (κ2) is 4.75. The molecule has 0 bridgehead atoms. The third-order valence-corrected chi connectivity index (χ3v) is 3.28. The molecule has 0 N–H and O–H groups in total. The largest absolute Gasteiger partial charge is 0.303 e. The Bertz CT molecular complexity index is 179. The first kappa shape index (κ1) is 10.7. The molecule has 1 aliphatic rings. The predicted molar refractivity (Wildman–Crippen MR) is 54.7 cm³/mol. The lowest BCUT2D eigenvalue weighted by Gasteiger charge is -2.25. The van der Waals surface area contributed by atoms with Gasteiger partial charge in [-0.15, -0.1) is 0 Å². The molecule has 0 heterocycles. The molecule has 0 aromatic rings. The summed E-state index contributed by atoms with van der Waals surface area (Å²) in [5.41, 5.74) is 0. The molecule has 0 aromatic carbocycles. The van der Waals surface area contributed by atoms with Crippen molar-refractivity contribution in [1.29, 1.82) is 0 Å². The fourth-order valence-electron chi connectivity index (χ4n) is 1.92. The minimum Gasteiger partial charge on any atom is -0.303 e. The molecule has 0 radical (unpaired) electrons. The van der Waals surface area contributed by atoms with Gasteiger partial charge in [-0.25, -0.2) is 0 Å². The summed E-state index contributed by atoms with van der Waals surface area (Å²) in [5, 5.41) is 0. The van der Waals surface area contributed by atoms with Gasteiger partial charge in [0, 0.05) is 24.9 Å². The van der Waals surface area contributed by atoms with Crippen molar-refractivity contribution >= 4 is 5.78 Å². The molecule has 0 saturated heterocycles. The van der Waals surface area contributed by atoms with Gasteiger partial charge >= 0.3 is 0 Å². The molecule has 2 heteroatoms. The fourth-order valence-corrected chi connectivity index (χ4v) is 1.92. The molecule has 2 nitrogen and oxygen atoms in total. The number of carbonyl (C=O) groups excluding carboxylic acids is 1. The number of nitrogens with zero attached hydrogens (tertiary/aromatic N) is 1. The van der Waals surface area contributed by atoms with Crippen molar-refractivity contribution in [1.82, 2.24) is 4.90 Å². The quantitative estimate of drug-likeness (QED) is 0.665. The van der Waals surface area contributed by atoms with Crippen LogP contribution in [0.15, 0.2) is 0 Å². The van der Waals surface area contributed by atoms with Gasteiger partial charge in [0.15, 0.2) is 0 Å². The maximum absolute atomic E-state index is 11.4. The predicted octanol–water partition coefficient (Wildman–Crippen LogP) is 2.09. The molecule has 2 unspecified atom stereocenters. The van der Waals surface area contributed by atoms with Crippen molar-refractivity contribution in [2.45, 2.75) is 45.6 Å². The van der Waals surface area contributed by atoms with E-state index in [0.29, 0.717) is 17.7 Å². The maximum atomic E-state index is 11.4. The highest BCUT2D eigenvalue weighted by atomic mass is 16.1. The topological polar surface area (TPSA) is 20.3 Å². The van der Waals surface area contributed by atoms with Crippen LogP contribution < -0.4 is 0 Å². The van der Waals surface area contributed by atoms with Crippen molar-refractivity contribution in [3.05, 3.63) is 0 Å². The third-order valence-electron chi connectivity index (χ3n) is 3.28. The van der Waals surface area contributed by atoms with Gasteiger partial charge in [0.25, 0.3) is 0 Å². The highest BCUT2D eigenvalue weighted by Crippen LogP contribution is 2.22. The Kier molecular flexibility index (Phi) is 3.91. The number of carbonyl (C=O) groups is 1. The first-order valence-electron chi connectivity index (χ1n) is 5.38. The van der Waals surface area contributed by atoms with E-state index in [9.17, 15) is 4.79 Å². The van der Waals surface area contributed by atoms with Gasteiger partial charge in [0.2, 0.25) is 0 Å². The molecule has 1 rings (SSSR count). The maximum Gasteiger partial charge on any atom is 0.137 e. The zero-order valence-corrected chi connectivity index (χ0v) is 9.05. The summed E-state index contributed by atoms with van der Waals surface area (Å²) in [6.07, 6.45) is 4.20. The van der Waals surface area contributed by atoms with E-state index in [2.05, 4.69) is 25.8 Å². The molecular formula is C11H21NO. The molecule has 0 aliphatic heterocycles. The Hall–Kier alpha value is -0.370. The number of hydrogen-bond acceptors (Lipinski definition) is 2. The summed E-state index contributed by atoms with van der Waals surface area (Å²) < 4.78 is 0.